The van der Waals surface area contributed by atoms with E-state index in [9.17, 15) is 18.5 Å². The topological polar surface area (TPSA) is 119 Å². The highest BCUT2D eigenvalue weighted by molar-refractivity contribution is 7.89. The number of non-ortho nitro benzene ring substituents is 1. The van der Waals surface area contributed by atoms with Crippen molar-refractivity contribution >= 4 is 38.4 Å². The average molecular weight is 556 g/mol. The van der Waals surface area contributed by atoms with Crippen molar-refractivity contribution in [2.45, 2.75) is 43.4 Å². The number of nitro benzene ring substituents is 1. The van der Waals surface area contributed by atoms with Crippen molar-refractivity contribution in [3.05, 3.63) is 68.8 Å². The molecule has 0 amide bonds. The van der Waals surface area contributed by atoms with E-state index in [1.165, 1.54) is 40.6 Å². The average Bonchev–Trinajstić information content (AvgIpc) is 3.13. The Morgan fingerprint density at radius 2 is 1.58 bits per heavy atom. The van der Waals surface area contributed by atoms with Crippen LogP contribution in [0.5, 0.6) is 0 Å². The fourth-order valence-corrected chi connectivity index (χ4v) is 6.80. The normalized spacial score (nSPS) is 17.8. The van der Waals surface area contributed by atoms with Gasteiger partial charge in [-0.05, 0) is 62.1 Å². The Kier molecular flexibility index (Phi) is 8.12. The van der Waals surface area contributed by atoms with Crippen LogP contribution in [-0.2, 0) is 14.8 Å². The summed E-state index contributed by atoms with van der Waals surface area (Å²) in [6.07, 6.45) is 6.44. The molecule has 1 saturated carbocycles. The van der Waals surface area contributed by atoms with Gasteiger partial charge in [0.1, 0.15) is 0 Å². The van der Waals surface area contributed by atoms with E-state index in [2.05, 4.69) is 0 Å². The lowest BCUT2D eigenvalue weighted by molar-refractivity contribution is -0.384. The lowest BCUT2D eigenvalue weighted by Crippen LogP contribution is -2.40. The van der Waals surface area contributed by atoms with Gasteiger partial charge in [-0.25, -0.2) is 18.1 Å². The van der Waals surface area contributed by atoms with E-state index in [1.54, 1.807) is 36.4 Å². The summed E-state index contributed by atoms with van der Waals surface area (Å²) in [6, 6.07) is 13.0. The monoisotopic (exact) mass is 555 g/mol. The minimum Gasteiger partial charge on any atom is -0.379 e. The fourth-order valence-electron chi connectivity index (χ4n) is 4.54. The summed E-state index contributed by atoms with van der Waals surface area (Å²) in [5.74, 6) is 0. The third-order valence-corrected chi connectivity index (χ3v) is 9.38. The van der Waals surface area contributed by atoms with Gasteiger partial charge >= 0.3 is 0 Å². The number of hydrogen-bond acceptors (Lipinski definition) is 8. The van der Waals surface area contributed by atoms with Gasteiger partial charge in [-0.1, -0.05) is 12.8 Å². The number of morpholine rings is 1. The largest absolute Gasteiger partial charge is 0.379 e. The molecule has 12 heteroatoms. The molecule has 38 heavy (non-hydrogen) atoms. The molecule has 3 aromatic rings. The maximum atomic E-state index is 13.0. The summed E-state index contributed by atoms with van der Waals surface area (Å²) in [6.45, 7) is 1.47. The van der Waals surface area contributed by atoms with Crippen LogP contribution in [0.4, 0.5) is 11.4 Å². The van der Waals surface area contributed by atoms with Gasteiger partial charge < -0.3 is 4.74 Å². The van der Waals surface area contributed by atoms with Crippen molar-refractivity contribution in [1.82, 2.24) is 8.98 Å². The first-order chi connectivity index (χ1) is 18.4. The molecular formula is C26H29N5O5S2. The molecule has 0 N–H and O–H groups in total. The quantitative estimate of drug-likeness (QED) is 0.243. The standard InChI is InChI=1S/C26H29N5O5S2/c32-31(33)23-11-7-20(8-12-23)25-19-37-26(30(25)28-22-5-3-1-2-4-6-22)27-21-9-13-24(14-10-21)38(34,35)29-15-17-36-18-16-29/h7-14,19H,1-6,15-18H2. The highest BCUT2D eigenvalue weighted by Crippen LogP contribution is 2.25. The van der Waals surface area contributed by atoms with Crippen LogP contribution in [0, 0.1) is 10.1 Å². The van der Waals surface area contributed by atoms with E-state index in [4.69, 9.17) is 14.8 Å². The lowest BCUT2D eigenvalue weighted by Gasteiger charge is -2.26. The predicted octanol–water partition coefficient (Wildman–Crippen LogP) is 4.94. The molecule has 1 saturated heterocycles. The third kappa shape index (κ3) is 5.93. The highest BCUT2D eigenvalue weighted by atomic mass is 32.2. The van der Waals surface area contributed by atoms with Gasteiger partial charge in [0.25, 0.3) is 5.69 Å². The molecule has 1 aliphatic heterocycles. The zero-order valence-electron chi connectivity index (χ0n) is 20.9. The van der Waals surface area contributed by atoms with Gasteiger partial charge in [0, 0.05) is 41.9 Å². The molecule has 0 atom stereocenters. The fraction of sp³-hybridized carbons (Fsp3) is 0.385. The molecule has 2 heterocycles. The van der Waals surface area contributed by atoms with Crippen LogP contribution < -0.4 is 4.80 Å². The first-order valence-electron chi connectivity index (χ1n) is 12.7. The number of hydrogen-bond donors (Lipinski definition) is 0. The van der Waals surface area contributed by atoms with E-state index in [1.807, 2.05) is 10.1 Å². The summed E-state index contributed by atoms with van der Waals surface area (Å²) < 4.78 is 34.5. The van der Waals surface area contributed by atoms with Gasteiger partial charge in [-0.2, -0.15) is 9.41 Å². The van der Waals surface area contributed by atoms with Crippen LogP contribution in [0.2, 0.25) is 0 Å². The smallest absolute Gasteiger partial charge is 0.269 e. The van der Waals surface area contributed by atoms with Crippen molar-refractivity contribution in [3.63, 3.8) is 0 Å². The van der Waals surface area contributed by atoms with Gasteiger partial charge in [-0.3, -0.25) is 10.1 Å². The molecular weight excluding hydrogens is 526 g/mol. The van der Waals surface area contributed by atoms with Gasteiger partial charge in [0.05, 0.1) is 34.4 Å². The maximum absolute atomic E-state index is 13.0. The molecule has 200 valence electrons. The number of thiazole rings is 1. The number of ether oxygens (including phenoxy) is 1. The molecule has 2 aliphatic rings. The highest BCUT2D eigenvalue weighted by Gasteiger charge is 2.26. The van der Waals surface area contributed by atoms with E-state index in [0.717, 1.165) is 42.7 Å². The lowest BCUT2D eigenvalue weighted by atomic mass is 10.1. The molecule has 1 aromatic heterocycles. The predicted molar refractivity (Wildman–Crippen MR) is 146 cm³/mol. The van der Waals surface area contributed by atoms with E-state index in [-0.39, 0.29) is 10.6 Å². The first kappa shape index (κ1) is 26.4. The van der Waals surface area contributed by atoms with Crippen LogP contribution >= 0.6 is 11.3 Å². The summed E-state index contributed by atoms with van der Waals surface area (Å²) in [5.41, 5.74) is 3.35. The molecule has 5 rings (SSSR count). The van der Waals surface area contributed by atoms with Crippen LogP contribution in [-0.4, -0.2) is 54.3 Å². The molecule has 2 aromatic carbocycles. The number of nitro groups is 1. The number of sulfonamides is 1. The summed E-state index contributed by atoms with van der Waals surface area (Å²) in [4.78, 5) is 16.4. The number of aromatic nitrogens is 1. The minimum absolute atomic E-state index is 0.0302. The van der Waals surface area contributed by atoms with Crippen molar-refractivity contribution in [2.24, 2.45) is 10.1 Å². The Balaban J connectivity index is 1.51. The molecule has 0 unspecified atom stereocenters. The Morgan fingerprint density at radius 1 is 0.921 bits per heavy atom. The zero-order valence-corrected chi connectivity index (χ0v) is 22.5. The SMILES string of the molecule is O=[N+]([O-])c1ccc(-c2csc(=Nc3ccc(S(=O)(=O)N4CCOCC4)cc3)n2N=C2CCCCCC2)cc1. The zero-order chi connectivity index (χ0) is 26.5. The Hall–Kier alpha value is -3.19. The molecule has 0 spiro atoms. The van der Waals surface area contributed by atoms with Crippen molar-refractivity contribution < 1.29 is 18.1 Å². The van der Waals surface area contributed by atoms with Crippen LogP contribution in [0.3, 0.4) is 0 Å². The minimum atomic E-state index is -3.58. The first-order valence-corrected chi connectivity index (χ1v) is 15.0. The summed E-state index contributed by atoms with van der Waals surface area (Å²) >= 11 is 1.42. The van der Waals surface area contributed by atoms with E-state index < -0.39 is 14.9 Å². The Labute approximate surface area is 225 Å². The van der Waals surface area contributed by atoms with Crippen LogP contribution in [0.25, 0.3) is 11.3 Å². The van der Waals surface area contributed by atoms with Gasteiger partial charge in [0.15, 0.2) is 0 Å². The number of benzene rings is 2. The second-order valence-corrected chi connectivity index (χ2v) is 12.0. The molecule has 2 fully saturated rings. The van der Waals surface area contributed by atoms with Gasteiger partial charge in [0.2, 0.25) is 14.8 Å². The Morgan fingerprint density at radius 3 is 2.21 bits per heavy atom. The summed E-state index contributed by atoms with van der Waals surface area (Å²) in [7, 11) is -3.58. The second-order valence-electron chi connectivity index (χ2n) is 9.22. The van der Waals surface area contributed by atoms with Crippen molar-refractivity contribution in [1.29, 1.82) is 0 Å². The molecule has 1 aliphatic carbocycles. The Bertz CT molecular complexity index is 1480. The second kappa shape index (κ2) is 11.7. The van der Waals surface area contributed by atoms with Crippen molar-refractivity contribution in [2.75, 3.05) is 26.3 Å². The third-order valence-electron chi connectivity index (χ3n) is 6.65. The molecule has 0 radical (unpaired) electrons. The maximum Gasteiger partial charge on any atom is 0.269 e. The van der Waals surface area contributed by atoms with Gasteiger partial charge in [-0.15, -0.1) is 11.3 Å². The van der Waals surface area contributed by atoms with E-state index in [0.29, 0.717) is 36.8 Å². The molecule has 0 bridgehead atoms. The number of rotatable bonds is 6. The van der Waals surface area contributed by atoms with Crippen LogP contribution in [0.15, 0.2) is 68.9 Å². The van der Waals surface area contributed by atoms with Crippen molar-refractivity contribution in [3.8, 4) is 11.3 Å². The number of nitrogens with zero attached hydrogens (tertiary/aromatic N) is 5. The van der Waals surface area contributed by atoms with E-state index >= 15 is 0 Å². The summed E-state index contributed by atoms with van der Waals surface area (Å²) in [5, 5.41) is 18.0. The molecule has 10 nitrogen and oxygen atoms in total. The van der Waals surface area contributed by atoms with Crippen LogP contribution in [0.1, 0.15) is 38.5 Å².